The van der Waals surface area contributed by atoms with E-state index >= 15 is 0 Å². The largest absolute Gasteiger partial charge is 0.368 e. The Morgan fingerprint density at radius 2 is 1.78 bits per heavy atom. The summed E-state index contributed by atoms with van der Waals surface area (Å²) in [5.74, 6) is 0.242. The molecule has 0 N–H and O–H groups in total. The van der Waals surface area contributed by atoms with E-state index in [-0.39, 0.29) is 23.2 Å². The quantitative estimate of drug-likeness (QED) is 0.320. The lowest BCUT2D eigenvalue weighted by Gasteiger charge is -2.36. The molecule has 1 aliphatic rings. The van der Waals surface area contributed by atoms with Gasteiger partial charge >= 0.3 is 0 Å². The summed E-state index contributed by atoms with van der Waals surface area (Å²) in [4.78, 5) is 26.9. The molecule has 1 saturated heterocycles. The third-order valence-electron chi connectivity index (χ3n) is 5.33. The molecule has 3 aromatic rings. The highest BCUT2D eigenvalue weighted by atomic mass is 32.2. The molecule has 0 aliphatic carbocycles. The molecule has 2 aromatic carbocycles. The molecule has 11 heteroatoms. The molecule has 1 amide bonds. The van der Waals surface area contributed by atoms with Gasteiger partial charge in [-0.05, 0) is 24.3 Å². The van der Waals surface area contributed by atoms with E-state index in [2.05, 4.69) is 15.1 Å². The Bertz CT molecular complexity index is 1130. The van der Waals surface area contributed by atoms with Crippen molar-refractivity contribution in [2.24, 2.45) is 7.05 Å². The van der Waals surface area contributed by atoms with Crippen molar-refractivity contribution in [3.63, 3.8) is 0 Å². The number of hydrogen-bond donors (Lipinski definition) is 0. The summed E-state index contributed by atoms with van der Waals surface area (Å²) >= 11 is 1.27. The van der Waals surface area contributed by atoms with Crippen molar-refractivity contribution >= 4 is 29.0 Å². The molecule has 0 atom stereocenters. The minimum Gasteiger partial charge on any atom is -0.368 e. The SMILES string of the molecule is Cn1c(SCC(=O)N2CCN(c3ccc([N+](=O)[O-])cc3)CC2)nnc1-c1ccccc1F. The first kappa shape index (κ1) is 21.8. The van der Waals surface area contributed by atoms with E-state index in [4.69, 9.17) is 0 Å². The number of halogens is 1. The summed E-state index contributed by atoms with van der Waals surface area (Å²) in [6.07, 6.45) is 0. The first-order valence-electron chi connectivity index (χ1n) is 9.98. The fourth-order valence-electron chi connectivity index (χ4n) is 3.53. The van der Waals surface area contributed by atoms with Crippen LogP contribution in [0, 0.1) is 15.9 Å². The molecule has 0 spiro atoms. The molecule has 32 heavy (non-hydrogen) atoms. The molecule has 1 fully saturated rings. The second kappa shape index (κ2) is 9.35. The van der Waals surface area contributed by atoms with Crippen molar-refractivity contribution in [2.75, 3.05) is 36.8 Å². The molecule has 2 heterocycles. The van der Waals surface area contributed by atoms with E-state index in [0.717, 1.165) is 5.69 Å². The zero-order valence-electron chi connectivity index (χ0n) is 17.3. The van der Waals surface area contributed by atoms with Crippen LogP contribution in [0.15, 0.2) is 53.7 Å². The second-order valence-electron chi connectivity index (χ2n) is 7.28. The summed E-state index contributed by atoms with van der Waals surface area (Å²) in [5, 5.41) is 19.5. The number of carbonyl (C=O) groups is 1. The van der Waals surface area contributed by atoms with E-state index in [1.165, 1.54) is 30.0 Å². The van der Waals surface area contributed by atoms with Crippen molar-refractivity contribution in [2.45, 2.75) is 5.16 Å². The molecule has 0 radical (unpaired) electrons. The van der Waals surface area contributed by atoms with Crippen molar-refractivity contribution in [3.8, 4) is 11.4 Å². The summed E-state index contributed by atoms with van der Waals surface area (Å²) in [7, 11) is 1.75. The fraction of sp³-hybridized carbons (Fsp3) is 0.286. The molecule has 0 saturated carbocycles. The van der Waals surface area contributed by atoms with Gasteiger partial charge in [-0.15, -0.1) is 10.2 Å². The van der Waals surface area contributed by atoms with Crippen LogP contribution < -0.4 is 4.90 Å². The van der Waals surface area contributed by atoms with Crippen LogP contribution in [0.4, 0.5) is 15.8 Å². The van der Waals surface area contributed by atoms with Gasteiger partial charge < -0.3 is 14.4 Å². The van der Waals surface area contributed by atoms with Gasteiger partial charge in [0.1, 0.15) is 5.82 Å². The fourth-order valence-corrected chi connectivity index (χ4v) is 4.35. The number of amides is 1. The number of piperazine rings is 1. The van der Waals surface area contributed by atoms with Gasteiger partial charge in [-0.2, -0.15) is 0 Å². The third kappa shape index (κ3) is 4.57. The molecule has 166 valence electrons. The van der Waals surface area contributed by atoms with Crippen molar-refractivity contribution in [1.82, 2.24) is 19.7 Å². The topological polar surface area (TPSA) is 97.4 Å². The van der Waals surface area contributed by atoms with Crippen LogP contribution in [0.1, 0.15) is 0 Å². The van der Waals surface area contributed by atoms with Gasteiger partial charge in [-0.25, -0.2) is 4.39 Å². The maximum atomic E-state index is 14.0. The third-order valence-corrected chi connectivity index (χ3v) is 6.34. The number of hydrogen-bond acceptors (Lipinski definition) is 7. The number of nitro groups is 1. The lowest BCUT2D eigenvalue weighted by atomic mass is 10.2. The predicted molar refractivity (Wildman–Crippen MR) is 119 cm³/mol. The number of nitro benzene ring substituents is 1. The number of benzene rings is 2. The van der Waals surface area contributed by atoms with Gasteiger partial charge in [0.15, 0.2) is 11.0 Å². The minimum atomic E-state index is -0.422. The smallest absolute Gasteiger partial charge is 0.269 e. The van der Waals surface area contributed by atoms with E-state index < -0.39 is 4.92 Å². The van der Waals surface area contributed by atoms with E-state index in [1.807, 2.05) is 0 Å². The first-order chi connectivity index (χ1) is 15.4. The zero-order chi connectivity index (χ0) is 22.7. The number of nitrogens with zero attached hydrogens (tertiary/aromatic N) is 6. The Hall–Kier alpha value is -3.47. The van der Waals surface area contributed by atoms with Gasteiger partial charge in [-0.3, -0.25) is 14.9 Å². The zero-order valence-corrected chi connectivity index (χ0v) is 18.2. The highest BCUT2D eigenvalue weighted by Crippen LogP contribution is 2.25. The van der Waals surface area contributed by atoms with Gasteiger partial charge in [0, 0.05) is 51.0 Å². The molecule has 0 unspecified atom stereocenters. The molecular formula is C21H21FN6O3S. The Morgan fingerprint density at radius 3 is 2.44 bits per heavy atom. The Morgan fingerprint density at radius 1 is 1.09 bits per heavy atom. The summed E-state index contributed by atoms with van der Waals surface area (Å²) in [6, 6.07) is 12.8. The lowest BCUT2D eigenvalue weighted by Crippen LogP contribution is -2.49. The Labute approximate surface area is 188 Å². The normalized spacial score (nSPS) is 13.9. The number of aromatic nitrogens is 3. The van der Waals surface area contributed by atoms with Crippen LogP contribution in [-0.2, 0) is 11.8 Å². The Kier molecular flexibility index (Phi) is 6.35. The molecule has 4 rings (SSSR count). The molecule has 1 aliphatic heterocycles. The maximum absolute atomic E-state index is 14.0. The average Bonchev–Trinajstić information content (AvgIpc) is 3.18. The van der Waals surface area contributed by atoms with Crippen LogP contribution in [-0.4, -0.2) is 62.4 Å². The average molecular weight is 457 g/mol. The lowest BCUT2D eigenvalue weighted by molar-refractivity contribution is -0.384. The van der Waals surface area contributed by atoms with Crippen LogP contribution in [0.25, 0.3) is 11.4 Å². The predicted octanol–water partition coefficient (Wildman–Crippen LogP) is 2.97. The highest BCUT2D eigenvalue weighted by molar-refractivity contribution is 7.99. The number of anilines is 1. The number of carbonyl (C=O) groups excluding carboxylic acids is 1. The van der Waals surface area contributed by atoms with Gasteiger partial charge in [0.2, 0.25) is 5.91 Å². The van der Waals surface area contributed by atoms with Crippen LogP contribution >= 0.6 is 11.8 Å². The first-order valence-corrected chi connectivity index (χ1v) is 11.0. The second-order valence-corrected chi connectivity index (χ2v) is 8.22. The van der Waals surface area contributed by atoms with Crippen LogP contribution in [0.2, 0.25) is 0 Å². The molecule has 9 nitrogen and oxygen atoms in total. The number of thioether (sulfide) groups is 1. The molecule has 0 bridgehead atoms. The summed E-state index contributed by atoms with van der Waals surface area (Å²) in [6.45, 7) is 2.43. The Balaban J connectivity index is 1.31. The van der Waals surface area contributed by atoms with Gasteiger partial charge in [-0.1, -0.05) is 23.9 Å². The van der Waals surface area contributed by atoms with Crippen molar-refractivity contribution in [3.05, 3.63) is 64.5 Å². The van der Waals surface area contributed by atoms with Crippen molar-refractivity contribution < 1.29 is 14.1 Å². The number of non-ortho nitro benzene ring substituents is 1. The van der Waals surface area contributed by atoms with Gasteiger partial charge in [0.05, 0.1) is 16.2 Å². The summed E-state index contributed by atoms with van der Waals surface area (Å²) in [5.41, 5.74) is 1.32. The summed E-state index contributed by atoms with van der Waals surface area (Å²) < 4.78 is 15.7. The maximum Gasteiger partial charge on any atom is 0.269 e. The number of rotatable bonds is 6. The van der Waals surface area contributed by atoms with Crippen LogP contribution in [0.5, 0.6) is 0 Å². The molecular weight excluding hydrogens is 435 g/mol. The van der Waals surface area contributed by atoms with Gasteiger partial charge in [0.25, 0.3) is 5.69 Å². The molecule has 1 aromatic heterocycles. The van der Waals surface area contributed by atoms with E-state index in [1.54, 1.807) is 46.8 Å². The van der Waals surface area contributed by atoms with E-state index in [0.29, 0.717) is 42.7 Å². The van der Waals surface area contributed by atoms with Crippen molar-refractivity contribution in [1.29, 1.82) is 0 Å². The monoisotopic (exact) mass is 456 g/mol. The van der Waals surface area contributed by atoms with Crippen LogP contribution in [0.3, 0.4) is 0 Å². The minimum absolute atomic E-state index is 0.00575. The van der Waals surface area contributed by atoms with E-state index in [9.17, 15) is 19.3 Å². The standard InChI is InChI=1S/C21H21FN6O3S/c1-25-20(17-4-2-3-5-18(17)22)23-24-21(25)32-14-19(29)27-12-10-26(11-13-27)15-6-8-16(9-7-15)28(30)31/h2-9H,10-14H2,1H3. The highest BCUT2D eigenvalue weighted by Gasteiger charge is 2.23.